The Morgan fingerprint density at radius 3 is 3.00 bits per heavy atom. The third-order valence-corrected chi connectivity index (χ3v) is 1.87. The van der Waals surface area contributed by atoms with Crippen molar-refractivity contribution in [1.82, 2.24) is 9.97 Å². The first-order chi connectivity index (χ1) is 5.36. The molecule has 2 rings (SSSR count). The van der Waals surface area contributed by atoms with Crippen LogP contribution in [0.25, 0.3) is 12.2 Å². The highest BCUT2D eigenvalue weighted by Gasteiger charge is 1.95. The second-order valence-corrected chi connectivity index (χ2v) is 2.80. The average Bonchev–Trinajstić information content (AvgIpc) is 2.04. The van der Waals surface area contributed by atoms with Gasteiger partial charge in [0.1, 0.15) is 0 Å². The summed E-state index contributed by atoms with van der Waals surface area (Å²) in [4.78, 5) is 7.98. The number of fused-ring (bicyclic) bond motifs is 1. The maximum atomic E-state index is 5.62. The second kappa shape index (κ2) is 2.62. The van der Waals surface area contributed by atoms with Gasteiger partial charge in [-0.2, -0.15) is 0 Å². The van der Waals surface area contributed by atoms with Gasteiger partial charge in [0.15, 0.2) is 0 Å². The molecule has 0 spiro atoms. The molecule has 3 heteroatoms. The summed E-state index contributed by atoms with van der Waals surface area (Å²) in [6.07, 6.45) is 8.12. The Labute approximate surface area is 69.2 Å². The van der Waals surface area contributed by atoms with Crippen LogP contribution in [0.5, 0.6) is 0 Å². The van der Waals surface area contributed by atoms with Crippen molar-refractivity contribution in [1.29, 1.82) is 0 Å². The lowest BCUT2D eigenvalue weighted by molar-refractivity contribution is 1.03. The lowest BCUT2D eigenvalue weighted by Crippen LogP contribution is -2.30. The molecule has 0 fully saturated rings. The van der Waals surface area contributed by atoms with Gasteiger partial charge in [-0.3, -0.25) is 0 Å². The molecule has 1 aromatic heterocycles. The van der Waals surface area contributed by atoms with Gasteiger partial charge in [-0.25, -0.2) is 9.97 Å². The Hall–Kier alpha value is -0.890. The largest absolute Gasteiger partial charge is 0.226 e. The van der Waals surface area contributed by atoms with Gasteiger partial charge in [0, 0.05) is 11.4 Å². The van der Waals surface area contributed by atoms with Crippen LogP contribution in [0.2, 0.25) is 5.28 Å². The maximum absolute atomic E-state index is 5.62. The highest BCUT2D eigenvalue weighted by molar-refractivity contribution is 6.28. The van der Waals surface area contributed by atoms with Gasteiger partial charge >= 0.3 is 0 Å². The van der Waals surface area contributed by atoms with Gasteiger partial charge in [-0.1, -0.05) is 12.2 Å². The fourth-order valence-corrected chi connectivity index (χ4v) is 1.30. The van der Waals surface area contributed by atoms with Crippen molar-refractivity contribution in [2.75, 3.05) is 0 Å². The molecule has 0 atom stereocenters. The molecule has 2 nitrogen and oxygen atoms in total. The molecule has 0 aliphatic heterocycles. The molecular formula is C8H7ClN2. The van der Waals surface area contributed by atoms with E-state index in [0.717, 1.165) is 23.4 Å². The molecule has 0 aromatic carbocycles. The number of aromatic nitrogens is 2. The summed E-state index contributed by atoms with van der Waals surface area (Å²) in [5, 5.41) is 2.40. The Balaban J connectivity index is 2.80. The molecule has 1 heterocycles. The number of nitrogens with zero attached hydrogens (tertiary/aromatic N) is 2. The molecule has 0 N–H and O–H groups in total. The van der Waals surface area contributed by atoms with Gasteiger partial charge < -0.3 is 0 Å². The summed E-state index contributed by atoms with van der Waals surface area (Å²) in [7, 11) is 0. The van der Waals surface area contributed by atoms with E-state index in [-0.39, 0.29) is 0 Å². The average molecular weight is 167 g/mol. The van der Waals surface area contributed by atoms with Crippen LogP contribution in [0, 0.1) is 0 Å². The highest BCUT2D eigenvalue weighted by Crippen LogP contribution is 1.95. The molecule has 0 bridgehead atoms. The van der Waals surface area contributed by atoms with Crippen LogP contribution >= 0.6 is 11.6 Å². The zero-order chi connectivity index (χ0) is 7.68. The molecule has 1 aliphatic rings. The first kappa shape index (κ1) is 6.80. The van der Waals surface area contributed by atoms with E-state index >= 15 is 0 Å². The summed E-state index contributed by atoms with van der Waals surface area (Å²) in [5.41, 5.74) is 0. The summed E-state index contributed by atoms with van der Waals surface area (Å²) < 4.78 is 0. The van der Waals surface area contributed by atoms with Gasteiger partial charge in [-0.05, 0) is 24.4 Å². The molecule has 56 valence electrons. The van der Waals surface area contributed by atoms with E-state index < -0.39 is 0 Å². The van der Waals surface area contributed by atoms with Crippen molar-refractivity contribution in [2.24, 2.45) is 0 Å². The second-order valence-electron chi connectivity index (χ2n) is 2.47. The molecule has 1 aromatic rings. The van der Waals surface area contributed by atoms with E-state index in [1.54, 1.807) is 6.20 Å². The predicted molar refractivity (Wildman–Crippen MR) is 44.5 cm³/mol. The molecule has 0 saturated carbocycles. The molecule has 0 unspecified atom stereocenters. The number of hydrogen-bond donors (Lipinski definition) is 0. The van der Waals surface area contributed by atoms with Crippen molar-refractivity contribution >= 4 is 23.8 Å². The van der Waals surface area contributed by atoms with Crippen molar-refractivity contribution in [3.63, 3.8) is 0 Å². The normalized spacial score (nSPS) is 14.6. The minimum absolute atomic E-state index is 0.329. The third kappa shape index (κ3) is 1.26. The van der Waals surface area contributed by atoms with Crippen molar-refractivity contribution < 1.29 is 0 Å². The lowest BCUT2D eigenvalue weighted by atomic mass is 10.2. The number of rotatable bonds is 0. The van der Waals surface area contributed by atoms with Crippen LogP contribution in [0.4, 0.5) is 0 Å². The molecule has 11 heavy (non-hydrogen) atoms. The van der Waals surface area contributed by atoms with Crippen LogP contribution < -0.4 is 10.6 Å². The van der Waals surface area contributed by atoms with E-state index in [1.807, 2.05) is 0 Å². The van der Waals surface area contributed by atoms with Gasteiger partial charge in [-0.15, -0.1) is 0 Å². The van der Waals surface area contributed by atoms with E-state index in [0.29, 0.717) is 5.28 Å². The van der Waals surface area contributed by atoms with E-state index in [2.05, 4.69) is 22.1 Å². The number of halogens is 1. The predicted octanol–water partition coefficient (Wildman–Crippen LogP) is 0.485. The summed E-state index contributed by atoms with van der Waals surface area (Å²) in [6.45, 7) is 0. The first-order valence-electron chi connectivity index (χ1n) is 3.55. The zero-order valence-corrected chi connectivity index (χ0v) is 6.67. The molecule has 0 amide bonds. The lowest BCUT2D eigenvalue weighted by Gasteiger charge is -1.97. The minimum atomic E-state index is 0.329. The fourth-order valence-electron chi connectivity index (χ4n) is 1.16. The Bertz CT molecular complexity index is 384. The maximum Gasteiger partial charge on any atom is 0.222 e. The summed E-state index contributed by atoms with van der Waals surface area (Å²) in [5.74, 6) is 0. The minimum Gasteiger partial charge on any atom is -0.226 e. The van der Waals surface area contributed by atoms with Crippen LogP contribution in [0.1, 0.15) is 12.8 Å². The van der Waals surface area contributed by atoms with Crippen LogP contribution in [-0.2, 0) is 0 Å². The van der Waals surface area contributed by atoms with E-state index in [1.165, 1.54) is 0 Å². The standard InChI is InChI=1S/C8H7ClN2/c9-8-10-5-6-3-1-2-4-7(6)11-8/h3-5H,1-2H2. The van der Waals surface area contributed by atoms with Crippen molar-refractivity contribution in [2.45, 2.75) is 12.8 Å². The van der Waals surface area contributed by atoms with Gasteiger partial charge in [0.05, 0.1) is 5.35 Å². The van der Waals surface area contributed by atoms with Crippen LogP contribution in [0.3, 0.4) is 0 Å². The van der Waals surface area contributed by atoms with Crippen molar-refractivity contribution in [3.05, 3.63) is 22.0 Å². The Morgan fingerprint density at radius 1 is 1.27 bits per heavy atom. The smallest absolute Gasteiger partial charge is 0.222 e. The molecular weight excluding hydrogens is 160 g/mol. The van der Waals surface area contributed by atoms with Gasteiger partial charge in [0.2, 0.25) is 5.28 Å². The summed E-state index contributed by atoms with van der Waals surface area (Å²) in [6, 6.07) is 0. The topological polar surface area (TPSA) is 25.8 Å². The Morgan fingerprint density at radius 2 is 2.09 bits per heavy atom. The quantitative estimate of drug-likeness (QED) is 0.524. The third-order valence-electron chi connectivity index (χ3n) is 1.69. The molecule has 0 radical (unpaired) electrons. The SMILES string of the molecule is Clc1ncc2c(n1)=CCCC=2. The van der Waals surface area contributed by atoms with E-state index in [4.69, 9.17) is 11.6 Å². The zero-order valence-electron chi connectivity index (χ0n) is 5.92. The van der Waals surface area contributed by atoms with Gasteiger partial charge in [0.25, 0.3) is 0 Å². The highest BCUT2D eigenvalue weighted by atomic mass is 35.5. The van der Waals surface area contributed by atoms with Crippen LogP contribution in [0.15, 0.2) is 6.20 Å². The van der Waals surface area contributed by atoms with E-state index in [9.17, 15) is 0 Å². The summed E-state index contributed by atoms with van der Waals surface area (Å²) >= 11 is 5.62. The van der Waals surface area contributed by atoms with Crippen LogP contribution in [-0.4, -0.2) is 9.97 Å². The number of hydrogen-bond acceptors (Lipinski definition) is 2. The van der Waals surface area contributed by atoms with Crippen molar-refractivity contribution in [3.8, 4) is 0 Å². The molecule has 1 aliphatic carbocycles. The molecule has 0 saturated heterocycles. The fraction of sp³-hybridized carbons (Fsp3) is 0.250. The first-order valence-corrected chi connectivity index (χ1v) is 3.93. The monoisotopic (exact) mass is 166 g/mol. The Kier molecular flexibility index (Phi) is 1.62.